The van der Waals surface area contributed by atoms with Crippen LogP contribution in [0.15, 0.2) is 0 Å². The van der Waals surface area contributed by atoms with Crippen molar-refractivity contribution in [3.8, 4) is 0 Å². The standard InChI is InChI=1S/C6H15O3S/c7-1-4-10(5-2-8)6-3-9/h7-9H,1-6H2/q+1. The van der Waals surface area contributed by atoms with Crippen LogP contribution in [0.1, 0.15) is 0 Å². The van der Waals surface area contributed by atoms with Gasteiger partial charge in [0.1, 0.15) is 17.3 Å². The molecule has 0 rings (SSSR count). The number of aliphatic hydroxyl groups is 3. The normalized spacial score (nSPS) is 10.8. The van der Waals surface area contributed by atoms with Gasteiger partial charge < -0.3 is 15.3 Å². The van der Waals surface area contributed by atoms with E-state index in [0.717, 1.165) is 0 Å². The minimum atomic E-state index is 0.0255. The smallest absolute Gasteiger partial charge is 0.131 e. The Morgan fingerprint density at radius 1 is 0.700 bits per heavy atom. The lowest BCUT2D eigenvalue weighted by Crippen LogP contribution is -2.22. The summed E-state index contributed by atoms with van der Waals surface area (Å²) in [6.07, 6.45) is 0. The zero-order valence-corrected chi connectivity index (χ0v) is 6.81. The molecule has 0 aliphatic heterocycles. The molecule has 0 atom stereocenters. The average Bonchev–Trinajstić information content (AvgIpc) is 1.90. The van der Waals surface area contributed by atoms with Crippen molar-refractivity contribution >= 4 is 10.9 Å². The molecule has 3 nitrogen and oxygen atoms in total. The molecule has 0 aliphatic carbocycles. The van der Waals surface area contributed by atoms with Crippen LogP contribution in [0.25, 0.3) is 0 Å². The van der Waals surface area contributed by atoms with Gasteiger partial charge in [0, 0.05) is 0 Å². The van der Waals surface area contributed by atoms with Crippen molar-refractivity contribution in [2.24, 2.45) is 0 Å². The predicted molar refractivity (Wildman–Crippen MR) is 43.2 cm³/mol. The Hall–Kier alpha value is 0.230. The van der Waals surface area contributed by atoms with Crippen LogP contribution >= 0.6 is 0 Å². The van der Waals surface area contributed by atoms with Crippen molar-refractivity contribution in [3.05, 3.63) is 0 Å². The summed E-state index contributed by atoms with van der Waals surface area (Å²) < 4.78 is 0. The molecule has 0 aromatic rings. The maximum atomic E-state index is 8.53. The zero-order valence-electron chi connectivity index (χ0n) is 5.99. The largest absolute Gasteiger partial charge is 0.391 e. The van der Waals surface area contributed by atoms with Gasteiger partial charge in [0.25, 0.3) is 0 Å². The molecule has 0 spiro atoms. The minimum Gasteiger partial charge on any atom is -0.391 e. The molecule has 3 N–H and O–H groups in total. The van der Waals surface area contributed by atoms with Gasteiger partial charge in [0.2, 0.25) is 0 Å². The van der Waals surface area contributed by atoms with E-state index in [9.17, 15) is 0 Å². The molecule has 0 fully saturated rings. The quantitative estimate of drug-likeness (QED) is 0.426. The molecule has 0 unspecified atom stereocenters. The van der Waals surface area contributed by atoms with Crippen molar-refractivity contribution < 1.29 is 15.3 Å². The number of aliphatic hydroxyl groups excluding tert-OH is 3. The third-order valence-corrected chi connectivity index (χ3v) is 3.42. The summed E-state index contributed by atoms with van der Waals surface area (Å²) in [5, 5.41) is 25.6. The first-order chi connectivity index (χ1) is 4.85. The van der Waals surface area contributed by atoms with E-state index in [-0.39, 0.29) is 30.7 Å². The van der Waals surface area contributed by atoms with Crippen LogP contribution in [0, 0.1) is 0 Å². The third-order valence-electron chi connectivity index (χ3n) is 1.14. The van der Waals surface area contributed by atoms with Crippen LogP contribution in [0.4, 0.5) is 0 Å². The highest BCUT2D eigenvalue weighted by atomic mass is 32.2. The Labute approximate surface area is 64.0 Å². The van der Waals surface area contributed by atoms with Crippen LogP contribution in [0.2, 0.25) is 0 Å². The second-order valence-electron chi connectivity index (χ2n) is 1.90. The molecule has 0 aliphatic rings. The monoisotopic (exact) mass is 167 g/mol. The molecular weight excluding hydrogens is 152 g/mol. The van der Waals surface area contributed by atoms with E-state index >= 15 is 0 Å². The van der Waals surface area contributed by atoms with Gasteiger partial charge >= 0.3 is 0 Å². The Morgan fingerprint density at radius 2 is 1.00 bits per heavy atom. The van der Waals surface area contributed by atoms with E-state index in [4.69, 9.17) is 15.3 Å². The fourth-order valence-corrected chi connectivity index (χ4v) is 2.08. The highest BCUT2D eigenvalue weighted by molar-refractivity contribution is 7.96. The summed E-state index contributed by atoms with van der Waals surface area (Å²) in [4.78, 5) is 0. The Bertz CT molecular complexity index is 55.7. The van der Waals surface area contributed by atoms with Crippen molar-refractivity contribution in [1.29, 1.82) is 0 Å². The molecule has 0 saturated carbocycles. The Balaban J connectivity index is 3.30. The number of hydrogen-bond donors (Lipinski definition) is 3. The third kappa shape index (κ3) is 5.05. The molecular formula is C6H15O3S+. The predicted octanol–water partition coefficient (Wildman–Crippen LogP) is -1.42. The molecule has 0 heterocycles. The van der Waals surface area contributed by atoms with Gasteiger partial charge in [-0.2, -0.15) is 0 Å². The summed E-state index contributed by atoms with van der Waals surface area (Å²) >= 11 is 0. The summed E-state index contributed by atoms with van der Waals surface area (Å²) in [5.74, 6) is 2.13. The van der Waals surface area contributed by atoms with Gasteiger partial charge in [-0.05, 0) is 10.9 Å². The number of hydrogen-bond acceptors (Lipinski definition) is 3. The SMILES string of the molecule is OCC[S+](CCO)CCO. The second-order valence-corrected chi connectivity index (χ2v) is 4.35. The lowest BCUT2D eigenvalue weighted by molar-refractivity contribution is 0.311. The van der Waals surface area contributed by atoms with E-state index < -0.39 is 0 Å². The molecule has 0 aromatic heterocycles. The fraction of sp³-hybridized carbons (Fsp3) is 1.00. The minimum absolute atomic E-state index is 0.0255. The summed E-state index contributed by atoms with van der Waals surface area (Å²) in [5.41, 5.74) is 0. The van der Waals surface area contributed by atoms with Crippen molar-refractivity contribution in [2.75, 3.05) is 37.1 Å². The highest BCUT2D eigenvalue weighted by Crippen LogP contribution is 1.94. The molecule has 0 saturated heterocycles. The molecule has 0 radical (unpaired) electrons. The first kappa shape index (κ1) is 10.2. The molecule has 10 heavy (non-hydrogen) atoms. The lowest BCUT2D eigenvalue weighted by Gasteiger charge is -2.02. The molecule has 0 bridgehead atoms. The molecule has 0 amide bonds. The molecule has 62 valence electrons. The van der Waals surface area contributed by atoms with E-state index in [1.165, 1.54) is 0 Å². The van der Waals surface area contributed by atoms with E-state index in [2.05, 4.69) is 0 Å². The van der Waals surface area contributed by atoms with Crippen LogP contribution in [-0.2, 0) is 10.9 Å². The van der Waals surface area contributed by atoms with Gasteiger partial charge in [-0.1, -0.05) is 0 Å². The summed E-state index contributed by atoms with van der Waals surface area (Å²) in [6, 6.07) is 0. The van der Waals surface area contributed by atoms with E-state index in [1.807, 2.05) is 0 Å². The lowest BCUT2D eigenvalue weighted by atomic mass is 10.8. The maximum Gasteiger partial charge on any atom is 0.131 e. The van der Waals surface area contributed by atoms with Gasteiger partial charge in [-0.25, -0.2) is 0 Å². The first-order valence-corrected chi connectivity index (χ1v) is 5.05. The zero-order chi connectivity index (χ0) is 7.82. The van der Waals surface area contributed by atoms with Gasteiger partial charge in [0.05, 0.1) is 19.8 Å². The summed E-state index contributed by atoms with van der Waals surface area (Å²) in [7, 11) is 0.0255. The fourth-order valence-electron chi connectivity index (χ4n) is 0.693. The van der Waals surface area contributed by atoms with Gasteiger partial charge in [0.15, 0.2) is 0 Å². The Kier molecular flexibility index (Phi) is 7.51. The van der Waals surface area contributed by atoms with Crippen LogP contribution in [0.5, 0.6) is 0 Å². The average molecular weight is 167 g/mol. The first-order valence-electron chi connectivity index (χ1n) is 3.31. The number of rotatable bonds is 6. The van der Waals surface area contributed by atoms with E-state index in [0.29, 0.717) is 17.3 Å². The molecule has 4 heteroatoms. The molecule has 0 aromatic carbocycles. The maximum absolute atomic E-state index is 8.53. The van der Waals surface area contributed by atoms with Crippen molar-refractivity contribution in [3.63, 3.8) is 0 Å². The van der Waals surface area contributed by atoms with E-state index in [1.54, 1.807) is 0 Å². The van der Waals surface area contributed by atoms with Crippen LogP contribution in [-0.4, -0.2) is 52.4 Å². The highest BCUT2D eigenvalue weighted by Gasteiger charge is 2.14. The van der Waals surface area contributed by atoms with Crippen LogP contribution < -0.4 is 0 Å². The Morgan fingerprint density at radius 3 is 1.20 bits per heavy atom. The second kappa shape index (κ2) is 7.34. The van der Waals surface area contributed by atoms with Crippen molar-refractivity contribution in [2.45, 2.75) is 0 Å². The summed E-state index contributed by atoms with van der Waals surface area (Å²) in [6.45, 7) is 0.468. The van der Waals surface area contributed by atoms with Gasteiger partial charge in [-0.3, -0.25) is 0 Å². The van der Waals surface area contributed by atoms with Crippen LogP contribution in [0.3, 0.4) is 0 Å². The van der Waals surface area contributed by atoms with Crippen molar-refractivity contribution in [1.82, 2.24) is 0 Å². The van der Waals surface area contributed by atoms with Gasteiger partial charge in [-0.15, -0.1) is 0 Å². The topological polar surface area (TPSA) is 60.7 Å².